The van der Waals surface area contributed by atoms with Crippen LogP contribution in [0.25, 0.3) is 0 Å². The van der Waals surface area contributed by atoms with Crippen molar-refractivity contribution in [3.8, 4) is 0 Å². The maximum Gasteiger partial charge on any atom is 0.253 e. The number of carbonyl (C=O) groups is 1. The second-order valence-corrected chi connectivity index (χ2v) is 5.73. The minimum absolute atomic E-state index is 0.0533. The third kappa shape index (κ3) is 2.81. The first-order chi connectivity index (χ1) is 8.49. The van der Waals surface area contributed by atoms with Crippen LogP contribution in [0, 0.1) is 5.41 Å². The number of pyridine rings is 1. The van der Waals surface area contributed by atoms with Crippen LogP contribution < -0.4 is 11.1 Å². The van der Waals surface area contributed by atoms with Crippen molar-refractivity contribution in [2.24, 2.45) is 5.41 Å². The van der Waals surface area contributed by atoms with Gasteiger partial charge in [0.25, 0.3) is 5.91 Å². The lowest BCUT2D eigenvalue weighted by Gasteiger charge is -2.39. The lowest BCUT2D eigenvalue weighted by molar-refractivity contribution is 0.0853. The molecular weight excluding hydrogens is 226 g/mol. The Hall–Kier alpha value is -1.58. The van der Waals surface area contributed by atoms with Crippen LogP contribution in [0.15, 0.2) is 18.3 Å². The standard InChI is InChI=1S/C14H21N3O/c1-14(2)8-4-3-5-11(14)17-13(18)10-6-7-12(15)16-9-10/h6-7,9,11H,3-5,8H2,1-2H3,(H2,15,16)(H,17,18). The van der Waals surface area contributed by atoms with Gasteiger partial charge in [0.1, 0.15) is 5.82 Å². The Labute approximate surface area is 108 Å². The van der Waals surface area contributed by atoms with Crippen LogP contribution in [0.4, 0.5) is 5.82 Å². The van der Waals surface area contributed by atoms with Crippen molar-refractivity contribution in [1.82, 2.24) is 10.3 Å². The molecule has 1 amide bonds. The number of nitrogens with zero attached hydrogens (tertiary/aromatic N) is 1. The summed E-state index contributed by atoms with van der Waals surface area (Å²) >= 11 is 0. The minimum Gasteiger partial charge on any atom is -0.384 e. The van der Waals surface area contributed by atoms with E-state index in [4.69, 9.17) is 5.73 Å². The van der Waals surface area contributed by atoms with Gasteiger partial charge in [-0.2, -0.15) is 0 Å². The molecule has 1 aliphatic rings. The third-order valence-electron chi connectivity index (χ3n) is 3.86. The molecule has 1 unspecified atom stereocenters. The number of carbonyl (C=O) groups excluding carboxylic acids is 1. The van der Waals surface area contributed by atoms with Gasteiger partial charge in [0, 0.05) is 12.2 Å². The number of anilines is 1. The van der Waals surface area contributed by atoms with Crippen molar-refractivity contribution in [2.45, 2.75) is 45.6 Å². The Kier molecular flexibility index (Phi) is 3.55. The Balaban J connectivity index is 2.04. The number of hydrogen-bond donors (Lipinski definition) is 2. The fourth-order valence-corrected chi connectivity index (χ4v) is 2.54. The second-order valence-electron chi connectivity index (χ2n) is 5.73. The van der Waals surface area contributed by atoms with E-state index in [1.54, 1.807) is 12.1 Å². The van der Waals surface area contributed by atoms with Gasteiger partial charge in [0.05, 0.1) is 5.56 Å². The number of amides is 1. The van der Waals surface area contributed by atoms with Gasteiger partial charge in [0.15, 0.2) is 0 Å². The molecule has 0 aromatic carbocycles. The Morgan fingerprint density at radius 3 is 2.83 bits per heavy atom. The van der Waals surface area contributed by atoms with E-state index in [1.165, 1.54) is 19.0 Å². The van der Waals surface area contributed by atoms with Gasteiger partial charge in [-0.25, -0.2) is 4.98 Å². The van der Waals surface area contributed by atoms with Gasteiger partial charge in [-0.15, -0.1) is 0 Å². The van der Waals surface area contributed by atoms with Crippen LogP contribution in [0.2, 0.25) is 0 Å². The molecule has 0 aliphatic heterocycles. The van der Waals surface area contributed by atoms with E-state index in [2.05, 4.69) is 24.1 Å². The van der Waals surface area contributed by atoms with Gasteiger partial charge in [-0.1, -0.05) is 26.7 Å². The average Bonchev–Trinajstić information content (AvgIpc) is 2.32. The quantitative estimate of drug-likeness (QED) is 0.843. The Morgan fingerprint density at radius 2 is 2.22 bits per heavy atom. The van der Waals surface area contributed by atoms with Gasteiger partial charge >= 0.3 is 0 Å². The second kappa shape index (κ2) is 4.96. The molecule has 4 heteroatoms. The van der Waals surface area contributed by atoms with Crippen LogP contribution in [-0.2, 0) is 0 Å². The summed E-state index contributed by atoms with van der Waals surface area (Å²) in [5.74, 6) is 0.382. The topological polar surface area (TPSA) is 68.0 Å². The van der Waals surface area contributed by atoms with Crippen molar-refractivity contribution < 1.29 is 4.79 Å². The van der Waals surface area contributed by atoms with E-state index in [-0.39, 0.29) is 17.4 Å². The molecular formula is C14H21N3O. The summed E-state index contributed by atoms with van der Waals surface area (Å²) < 4.78 is 0. The van der Waals surface area contributed by atoms with Crippen LogP contribution in [0.5, 0.6) is 0 Å². The van der Waals surface area contributed by atoms with E-state index in [9.17, 15) is 4.79 Å². The first-order valence-corrected chi connectivity index (χ1v) is 6.51. The predicted molar refractivity (Wildman–Crippen MR) is 72.2 cm³/mol. The van der Waals surface area contributed by atoms with Gasteiger partial charge in [0.2, 0.25) is 0 Å². The smallest absolute Gasteiger partial charge is 0.253 e. The fourth-order valence-electron chi connectivity index (χ4n) is 2.54. The van der Waals surface area contributed by atoms with Gasteiger partial charge in [-0.05, 0) is 30.4 Å². The maximum absolute atomic E-state index is 12.1. The average molecular weight is 247 g/mol. The Bertz CT molecular complexity index is 425. The third-order valence-corrected chi connectivity index (χ3v) is 3.86. The Morgan fingerprint density at radius 1 is 1.44 bits per heavy atom. The van der Waals surface area contributed by atoms with E-state index in [0.29, 0.717) is 11.4 Å². The SMILES string of the molecule is CC1(C)CCCCC1NC(=O)c1ccc(N)nc1. The largest absolute Gasteiger partial charge is 0.384 e. The molecule has 1 aliphatic carbocycles. The summed E-state index contributed by atoms with van der Waals surface area (Å²) in [4.78, 5) is 16.1. The fraction of sp³-hybridized carbons (Fsp3) is 0.571. The zero-order valence-corrected chi connectivity index (χ0v) is 11.1. The van der Waals surface area contributed by atoms with Crippen molar-refractivity contribution >= 4 is 11.7 Å². The highest BCUT2D eigenvalue weighted by molar-refractivity contribution is 5.94. The zero-order valence-electron chi connectivity index (χ0n) is 11.1. The van der Waals surface area contributed by atoms with E-state index < -0.39 is 0 Å². The summed E-state index contributed by atoms with van der Waals surface area (Å²) in [6, 6.07) is 3.62. The molecule has 1 aromatic rings. The first kappa shape index (κ1) is 12.9. The molecule has 1 aromatic heterocycles. The van der Waals surface area contributed by atoms with E-state index >= 15 is 0 Å². The monoisotopic (exact) mass is 247 g/mol. The summed E-state index contributed by atoms with van der Waals surface area (Å²) in [6.45, 7) is 4.44. The molecule has 4 nitrogen and oxygen atoms in total. The lowest BCUT2D eigenvalue weighted by Crippen LogP contribution is -2.46. The summed E-state index contributed by atoms with van der Waals surface area (Å²) in [6.07, 6.45) is 6.19. The first-order valence-electron chi connectivity index (χ1n) is 6.51. The lowest BCUT2D eigenvalue weighted by atomic mass is 9.73. The van der Waals surface area contributed by atoms with E-state index in [0.717, 1.165) is 12.8 Å². The number of nitrogens with two attached hydrogens (primary N) is 1. The molecule has 0 spiro atoms. The van der Waals surface area contributed by atoms with Crippen LogP contribution in [0.3, 0.4) is 0 Å². The van der Waals surface area contributed by atoms with Crippen LogP contribution in [-0.4, -0.2) is 16.9 Å². The van der Waals surface area contributed by atoms with Gasteiger partial charge < -0.3 is 11.1 Å². The van der Waals surface area contributed by atoms with Crippen molar-refractivity contribution in [2.75, 3.05) is 5.73 Å². The summed E-state index contributed by atoms with van der Waals surface area (Å²) in [5.41, 5.74) is 6.26. The molecule has 18 heavy (non-hydrogen) atoms. The minimum atomic E-state index is -0.0533. The number of aromatic nitrogens is 1. The number of nitrogens with one attached hydrogen (secondary N) is 1. The molecule has 1 fully saturated rings. The van der Waals surface area contributed by atoms with Crippen molar-refractivity contribution in [1.29, 1.82) is 0 Å². The van der Waals surface area contributed by atoms with Crippen molar-refractivity contribution in [3.63, 3.8) is 0 Å². The molecule has 0 bridgehead atoms. The zero-order chi connectivity index (χ0) is 13.2. The highest BCUT2D eigenvalue weighted by Crippen LogP contribution is 2.35. The molecule has 98 valence electrons. The number of hydrogen-bond acceptors (Lipinski definition) is 3. The summed E-state index contributed by atoms with van der Waals surface area (Å²) in [5, 5.41) is 3.13. The summed E-state index contributed by atoms with van der Waals surface area (Å²) in [7, 11) is 0. The molecule has 1 heterocycles. The highest BCUT2D eigenvalue weighted by Gasteiger charge is 2.33. The highest BCUT2D eigenvalue weighted by atomic mass is 16.1. The predicted octanol–water partition coefficient (Wildman–Crippen LogP) is 2.36. The number of rotatable bonds is 2. The molecule has 0 radical (unpaired) electrons. The maximum atomic E-state index is 12.1. The van der Waals surface area contributed by atoms with Crippen molar-refractivity contribution in [3.05, 3.63) is 23.9 Å². The molecule has 3 N–H and O–H groups in total. The van der Waals surface area contributed by atoms with Gasteiger partial charge in [-0.3, -0.25) is 4.79 Å². The normalized spacial score (nSPS) is 22.4. The van der Waals surface area contributed by atoms with Crippen LogP contribution >= 0.6 is 0 Å². The van der Waals surface area contributed by atoms with E-state index in [1.807, 2.05) is 0 Å². The number of nitrogen functional groups attached to an aromatic ring is 1. The molecule has 1 saturated carbocycles. The molecule has 1 atom stereocenters. The molecule has 0 saturated heterocycles. The van der Waals surface area contributed by atoms with Crippen LogP contribution in [0.1, 0.15) is 49.9 Å². The molecule has 2 rings (SSSR count).